The molecule has 13 atom stereocenters. The maximum Gasteiger partial charge on any atom is 0.329 e. The Balaban J connectivity index is 1.42. The van der Waals surface area contributed by atoms with Gasteiger partial charge in [-0.1, -0.05) is 119 Å². The van der Waals surface area contributed by atoms with Crippen LogP contribution in [0.25, 0.3) is 10.9 Å². The van der Waals surface area contributed by atoms with Crippen LogP contribution in [0.1, 0.15) is 157 Å². The normalized spacial score (nSPS) is 20.0. The summed E-state index contributed by atoms with van der Waals surface area (Å²) in [6.07, 6.45) is -2.64. The van der Waals surface area contributed by atoms with Crippen LogP contribution in [0.5, 0.6) is 11.5 Å². The number of phenolic OH excluding ortho intramolecular Hbond substituents is 1. The lowest BCUT2D eigenvalue weighted by atomic mass is 9.96. The molecule has 4 aromatic carbocycles. The van der Waals surface area contributed by atoms with Crippen molar-refractivity contribution in [1.82, 2.24) is 79.4 Å². The van der Waals surface area contributed by atoms with Gasteiger partial charge in [0.1, 0.15) is 90.7 Å². The Morgan fingerprint density at radius 1 is 0.550 bits per heavy atom. The van der Waals surface area contributed by atoms with Crippen molar-refractivity contribution in [3.05, 3.63) is 126 Å². The van der Waals surface area contributed by atoms with Gasteiger partial charge < -0.3 is 131 Å². The van der Waals surface area contributed by atoms with Crippen molar-refractivity contribution < 1.29 is 136 Å². The number of carbonyl (C=O) groups is 20. The number of fused-ring (bicyclic) bond motifs is 1. The summed E-state index contributed by atoms with van der Waals surface area (Å²) in [7, 11) is 0. The molecule has 0 spiro atoms. The minimum Gasteiger partial charge on any atom is -0.507 e. The zero-order chi connectivity index (χ0) is 96.6. The van der Waals surface area contributed by atoms with Gasteiger partial charge in [-0.25, -0.2) is 4.79 Å². The quantitative estimate of drug-likeness (QED) is 0.00832. The molecule has 1 aromatic heterocycles. The molecule has 0 saturated carbocycles. The van der Waals surface area contributed by atoms with Crippen LogP contribution in [0, 0.1) is 5.92 Å². The number of esters is 1. The number of primary amides is 1. The van der Waals surface area contributed by atoms with Crippen LogP contribution >= 0.6 is 0 Å². The smallest absolute Gasteiger partial charge is 0.329 e. The Labute approximate surface area is 750 Å². The van der Waals surface area contributed by atoms with Crippen molar-refractivity contribution in [2.24, 2.45) is 11.7 Å². The second-order valence-electron chi connectivity index (χ2n) is 31.2. The summed E-state index contributed by atoms with van der Waals surface area (Å²) in [6.45, 7) is 1.31. The van der Waals surface area contributed by atoms with Crippen LogP contribution in [-0.4, -0.2) is 253 Å². The number of ketones is 1. The number of anilines is 1. The molecule has 2 heterocycles. The highest BCUT2D eigenvalue weighted by Gasteiger charge is 2.41. The lowest BCUT2D eigenvalue weighted by Crippen LogP contribution is -2.62. The first-order valence-corrected chi connectivity index (χ1v) is 42.2. The molecule has 710 valence electrons. The summed E-state index contributed by atoms with van der Waals surface area (Å²) in [5.74, 6) is -29.9. The molecule has 6 rings (SSSR count). The van der Waals surface area contributed by atoms with Crippen LogP contribution < -0.4 is 90.6 Å². The summed E-state index contributed by atoms with van der Waals surface area (Å²) in [6, 6.07) is 2.68. The van der Waals surface area contributed by atoms with E-state index in [1.54, 1.807) is 42.6 Å². The number of hydrogen-bond acceptors (Lipinski definition) is 26. The molecule has 1 aliphatic rings. The molecule has 45 heteroatoms. The van der Waals surface area contributed by atoms with E-state index in [2.05, 4.69) is 70.4 Å². The minimum absolute atomic E-state index is 0.0278. The number of cyclic esters (lactones) is 1. The molecule has 14 amide bonds. The van der Waals surface area contributed by atoms with Gasteiger partial charge in [-0.15, -0.1) is 0 Å². The van der Waals surface area contributed by atoms with Gasteiger partial charge >= 0.3 is 29.8 Å². The molecule has 1 aliphatic heterocycles. The molecule has 0 aliphatic carbocycles. The number of aliphatic carboxylic acids is 4. The Kier molecular flexibility index (Phi) is 42.7. The SMILES string of the molecule is CCCCCCCCCC(=O)N[C@@H](Cc1c[nH]c2ccccc12)C(=O)N[C@@H](CC(N)=O)C(=O)N[C@@H](CC(=O)O)C(=O)NC1C(=O)NCC(=O)N[C@@H](CCCNCc2ccc(OCc3ccccc3)cc2O)C(=O)NC(CC(=O)O)C(=O)N[C@H](C)C(=O)N[C@@H](CC(=O)O)C(=O)NCC(=O)N[C@H](CO)C(=O)NC([C@H](C)CC(=O)O)C(=O)N[C@@H](CC(=O)c2ccccc2N)C(=O)OC1C. The number of phenols is 1. The van der Waals surface area contributed by atoms with E-state index in [0.29, 0.717) is 40.6 Å². The Bertz CT molecular complexity index is 4910. The first-order chi connectivity index (χ1) is 62.2. The van der Waals surface area contributed by atoms with E-state index in [-0.39, 0.29) is 56.0 Å². The van der Waals surface area contributed by atoms with Gasteiger partial charge in [-0.3, -0.25) is 91.1 Å². The highest BCUT2D eigenvalue weighted by atomic mass is 16.5. The van der Waals surface area contributed by atoms with E-state index in [4.69, 9.17) is 20.9 Å². The predicted molar refractivity (Wildman–Crippen MR) is 462 cm³/mol. The number of amides is 14. The number of rotatable bonds is 41. The number of carboxylic acids is 4. The van der Waals surface area contributed by atoms with Crippen molar-refractivity contribution in [2.75, 3.05) is 32.0 Å². The van der Waals surface area contributed by atoms with E-state index >= 15 is 9.59 Å². The number of aromatic hydroxyl groups is 1. The van der Waals surface area contributed by atoms with Crippen molar-refractivity contribution in [1.29, 1.82) is 0 Å². The molecule has 0 bridgehead atoms. The number of carboxylic acid groups (broad SMARTS) is 4. The zero-order valence-electron chi connectivity index (χ0n) is 72.4. The third-order valence-electron chi connectivity index (χ3n) is 20.6. The van der Waals surface area contributed by atoms with Crippen LogP contribution in [0.2, 0.25) is 0 Å². The minimum atomic E-state index is -2.49. The molecular formula is C86H113N17O28. The fraction of sp³-hybridized carbons (Fsp3) is 0.465. The Morgan fingerprint density at radius 2 is 1.12 bits per heavy atom. The molecule has 45 nitrogen and oxygen atoms in total. The van der Waals surface area contributed by atoms with Crippen LogP contribution in [0.3, 0.4) is 0 Å². The molecular weight excluding hydrogens is 1720 g/mol. The number of aliphatic hydroxyl groups excluding tert-OH is 1. The largest absolute Gasteiger partial charge is 0.507 e. The molecule has 1 fully saturated rings. The maximum absolute atomic E-state index is 15.1. The number of aromatic amines is 1. The van der Waals surface area contributed by atoms with Crippen LogP contribution in [0.15, 0.2) is 103 Å². The average molecular weight is 1830 g/mol. The maximum atomic E-state index is 15.1. The van der Waals surface area contributed by atoms with Crippen LogP contribution in [0.4, 0.5) is 5.69 Å². The summed E-state index contributed by atoms with van der Waals surface area (Å²) in [5, 5.41) is 93.7. The van der Waals surface area contributed by atoms with Crippen molar-refractivity contribution >= 4 is 135 Å². The zero-order valence-corrected chi connectivity index (χ0v) is 72.4. The number of benzene rings is 4. The number of unbranched alkanes of at least 4 members (excludes halogenated alkanes) is 6. The van der Waals surface area contributed by atoms with Gasteiger partial charge in [-0.05, 0) is 81.0 Å². The number of H-pyrrole nitrogens is 1. The first kappa shape index (κ1) is 105. The monoisotopic (exact) mass is 1830 g/mol. The standard InChI is InChI=1S/C86H113N17O28/c1-5-6-7-8-9-10-14-27-67(108)95-57(32-50-40-90-55-25-18-16-22-52(50)55)80(123)98-58(35-66(88)107)81(124)100-61(38-73(117)118)82(125)103-75-47(4)131-86(129)62(34-65(106)53-23-15-17-24-54(53)87)101-85(128)74(45(2)31-70(111)112)102-83(126)63(43-104)96-69(110)41-91-77(120)59(36-71(113)114)97-76(119)46(3)93-79(122)60(37-72(115)116)99-78(121)56(94-68(109)42-92-84(75)127)26-19-30-89-39-49-28-29-51(33-64(49)105)130-44-48-20-12-11-13-21-48/h11-13,15-18,20-25,28-29,33,40,45-47,56-63,74-75,89-90,104-105H,5-10,14,19,26-27,30-32,34-39,41-44,87H2,1-4H3,(H2,88,107)(H,91,120)(H,92,127)(H,93,122)(H,94,109)(H,95,108)(H,96,110)(H,97,119)(H,98,123)(H,99,121)(H,100,124)(H,101,128)(H,102,126)(H,103,125)(H,111,112)(H,113,114)(H,115,116)(H,117,118)/t45-,46-,47?,56+,57+,58+,59+,60?,61+,62+,63-,74?,75?/m1/s1. The number of Topliss-reactive ketones (excluding diaryl/α,β-unsaturated/α-hetero) is 1. The fourth-order valence-electron chi connectivity index (χ4n) is 13.6. The molecule has 0 radical (unpaired) electrons. The number of aromatic nitrogens is 1. The van der Waals surface area contributed by atoms with E-state index < -0.39 is 261 Å². The van der Waals surface area contributed by atoms with Crippen molar-refractivity contribution in [3.63, 3.8) is 0 Å². The van der Waals surface area contributed by atoms with E-state index in [9.17, 15) is 117 Å². The first-order valence-electron chi connectivity index (χ1n) is 42.2. The molecule has 131 heavy (non-hydrogen) atoms. The number of aliphatic hydroxyl groups is 1. The highest BCUT2D eigenvalue weighted by Crippen LogP contribution is 2.26. The molecule has 1 saturated heterocycles. The van der Waals surface area contributed by atoms with Crippen molar-refractivity contribution in [2.45, 2.75) is 223 Å². The van der Waals surface area contributed by atoms with E-state index in [0.717, 1.165) is 58.4 Å². The number of ether oxygens (including phenoxy) is 2. The van der Waals surface area contributed by atoms with Gasteiger partial charge in [0, 0.05) is 65.8 Å². The number of nitrogen functional groups attached to an aromatic ring is 1. The van der Waals surface area contributed by atoms with Gasteiger partial charge in [0.05, 0.1) is 51.8 Å². The van der Waals surface area contributed by atoms with Gasteiger partial charge in [0.15, 0.2) is 5.78 Å². The fourth-order valence-corrected chi connectivity index (χ4v) is 13.6. The summed E-state index contributed by atoms with van der Waals surface area (Å²) >= 11 is 0. The lowest BCUT2D eigenvalue weighted by molar-refractivity contribution is -0.156. The third-order valence-corrected chi connectivity index (χ3v) is 20.6. The van der Waals surface area contributed by atoms with Crippen molar-refractivity contribution in [3.8, 4) is 11.5 Å². The molecule has 25 N–H and O–H groups in total. The molecule has 4 unspecified atom stereocenters. The van der Waals surface area contributed by atoms with Crippen LogP contribution in [-0.2, 0) is 115 Å². The topological polar surface area (TPSA) is 717 Å². The number of para-hydroxylation sites is 2. The summed E-state index contributed by atoms with van der Waals surface area (Å²) < 4.78 is 11.6. The Hall–Kier alpha value is -14.7. The highest BCUT2D eigenvalue weighted by molar-refractivity contribution is 6.05. The van der Waals surface area contributed by atoms with Gasteiger partial charge in [-0.2, -0.15) is 0 Å². The average Bonchev–Trinajstić information content (AvgIpc) is 1.07. The number of carbonyl (C=O) groups excluding carboxylic acids is 16. The number of hydrogen-bond donors (Lipinski definition) is 23. The van der Waals surface area contributed by atoms with E-state index in [1.807, 2.05) is 46.3 Å². The van der Waals surface area contributed by atoms with E-state index in [1.165, 1.54) is 30.3 Å². The lowest BCUT2D eigenvalue weighted by Gasteiger charge is -2.30. The number of nitrogens with one attached hydrogen (secondary N) is 15. The second kappa shape index (κ2) is 53.2. The number of nitrogens with two attached hydrogens (primary N) is 2. The third kappa shape index (κ3) is 35.8. The second-order valence-corrected chi connectivity index (χ2v) is 31.2. The molecule has 5 aromatic rings. The summed E-state index contributed by atoms with van der Waals surface area (Å²) in [5.41, 5.74) is 13.6. The van der Waals surface area contributed by atoms with Gasteiger partial charge in [0.2, 0.25) is 82.7 Å². The predicted octanol–water partition coefficient (Wildman–Crippen LogP) is -2.51. The Morgan fingerprint density at radius 3 is 1.76 bits per heavy atom. The summed E-state index contributed by atoms with van der Waals surface area (Å²) in [4.78, 5) is 280. The van der Waals surface area contributed by atoms with Gasteiger partial charge in [0.25, 0.3) is 0 Å².